The summed E-state index contributed by atoms with van der Waals surface area (Å²) in [5, 5.41) is 2.02. The van der Waals surface area contributed by atoms with Crippen molar-refractivity contribution < 1.29 is 22.7 Å². The van der Waals surface area contributed by atoms with E-state index >= 15 is 0 Å². The van der Waals surface area contributed by atoms with Gasteiger partial charge in [-0.2, -0.15) is 13.2 Å². The zero-order valence-electron chi connectivity index (χ0n) is 11.3. The average Bonchev–Trinajstić information content (AvgIpc) is 2.71. The molecule has 19 heavy (non-hydrogen) atoms. The molecule has 0 aromatic heterocycles. The van der Waals surface area contributed by atoms with Gasteiger partial charge in [0.15, 0.2) is 0 Å². The summed E-state index contributed by atoms with van der Waals surface area (Å²) in [6.07, 6.45) is -2.15. The highest BCUT2D eigenvalue weighted by molar-refractivity contribution is 5.68. The van der Waals surface area contributed by atoms with E-state index in [0.717, 1.165) is 0 Å². The zero-order valence-corrected chi connectivity index (χ0v) is 11.3. The molecular formula is C12H19F3N2O2. The Hall–Kier alpha value is -1.40. The number of hydrogen-bond acceptors (Lipinski definition) is 3. The van der Waals surface area contributed by atoms with Gasteiger partial charge in [0.2, 0.25) is 0 Å². The van der Waals surface area contributed by atoms with Gasteiger partial charge in [-0.3, -0.25) is 0 Å². The molecule has 0 spiro atoms. The normalized spacial score (nSPS) is 19.3. The molecule has 110 valence electrons. The van der Waals surface area contributed by atoms with Gasteiger partial charge < -0.3 is 15.0 Å². The monoisotopic (exact) mass is 280 g/mol. The minimum absolute atomic E-state index is 0.0578. The predicted molar refractivity (Wildman–Crippen MR) is 64.3 cm³/mol. The summed E-state index contributed by atoms with van der Waals surface area (Å²) in [5.74, 6) is -1.66. The Kier molecular flexibility index (Phi) is 5.08. The fourth-order valence-electron chi connectivity index (χ4n) is 1.79. The molecule has 1 aliphatic rings. The van der Waals surface area contributed by atoms with Crippen LogP contribution in [-0.2, 0) is 4.74 Å². The topological polar surface area (TPSA) is 41.6 Å². The molecule has 1 fully saturated rings. The van der Waals surface area contributed by atoms with Gasteiger partial charge in [0, 0.05) is 19.6 Å². The van der Waals surface area contributed by atoms with Crippen LogP contribution in [0.15, 0.2) is 12.0 Å². The molecule has 1 atom stereocenters. The highest BCUT2D eigenvalue weighted by Gasteiger charge is 2.29. The summed E-state index contributed by atoms with van der Waals surface area (Å²) in [6.45, 7) is 6.24. The van der Waals surface area contributed by atoms with Gasteiger partial charge in [-0.25, -0.2) is 4.79 Å². The fraction of sp³-hybridized carbons (Fsp3) is 0.750. The lowest BCUT2D eigenvalue weighted by atomic mass is 10.1. The zero-order chi connectivity index (χ0) is 14.6. The van der Waals surface area contributed by atoms with Crippen molar-refractivity contribution in [2.75, 3.05) is 19.6 Å². The number of halogens is 3. The lowest BCUT2D eigenvalue weighted by molar-refractivity contribution is 0.0288. The van der Waals surface area contributed by atoms with E-state index in [1.54, 1.807) is 20.8 Å². The first-order chi connectivity index (χ1) is 8.69. The molecule has 1 saturated heterocycles. The number of carbonyl (C=O) groups is 1. The van der Waals surface area contributed by atoms with Crippen molar-refractivity contribution >= 4 is 6.09 Å². The largest absolute Gasteiger partial charge is 0.444 e. The Morgan fingerprint density at radius 1 is 1.37 bits per heavy atom. The second kappa shape index (κ2) is 6.16. The summed E-state index contributed by atoms with van der Waals surface area (Å²) in [7, 11) is 0. The summed E-state index contributed by atoms with van der Waals surface area (Å²) < 4.78 is 41.5. The molecule has 1 amide bonds. The van der Waals surface area contributed by atoms with Crippen molar-refractivity contribution in [1.29, 1.82) is 0 Å². The van der Waals surface area contributed by atoms with Crippen LogP contribution in [0.2, 0.25) is 0 Å². The fourth-order valence-corrected chi connectivity index (χ4v) is 1.79. The van der Waals surface area contributed by atoms with Gasteiger partial charge in [0.25, 0.3) is 5.95 Å². The van der Waals surface area contributed by atoms with Gasteiger partial charge >= 0.3 is 12.2 Å². The minimum Gasteiger partial charge on any atom is -0.444 e. The van der Waals surface area contributed by atoms with E-state index in [9.17, 15) is 18.0 Å². The summed E-state index contributed by atoms with van der Waals surface area (Å²) in [4.78, 5) is 13.2. The van der Waals surface area contributed by atoms with Crippen LogP contribution in [0.3, 0.4) is 0 Å². The molecule has 1 N–H and O–H groups in total. The van der Waals surface area contributed by atoms with Crippen LogP contribution in [-0.4, -0.2) is 36.2 Å². The van der Waals surface area contributed by atoms with Gasteiger partial charge in [-0.1, -0.05) is 0 Å². The maximum Gasteiger partial charge on any atom is 0.410 e. The van der Waals surface area contributed by atoms with Gasteiger partial charge in [-0.15, -0.1) is 0 Å². The Morgan fingerprint density at radius 2 is 2.00 bits per heavy atom. The molecule has 4 nitrogen and oxygen atoms in total. The van der Waals surface area contributed by atoms with E-state index in [1.165, 1.54) is 4.90 Å². The third-order valence-electron chi connectivity index (χ3n) is 2.65. The molecule has 1 rings (SSSR count). The Bertz CT molecular complexity index is 362. The second-order valence-corrected chi connectivity index (χ2v) is 5.54. The van der Waals surface area contributed by atoms with Crippen LogP contribution < -0.4 is 5.32 Å². The third-order valence-corrected chi connectivity index (χ3v) is 2.65. The number of ether oxygens (including phenoxy) is 1. The van der Waals surface area contributed by atoms with E-state index in [0.29, 0.717) is 19.5 Å². The Morgan fingerprint density at radius 3 is 2.53 bits per heavy atom. The molecule has 0 saturated carbocycles. The maximum absolute atomic E-state index is 12.6. The molecule has 0 aromatic rings. The smallest absolute Gasteiger partial charge is 0.410 e. The highest BCUT2D eigenvalue weighted by atomic mass is 19.3. The van der Waals surface area contributed by atoms with Crippen LogP contribution in [0.4, 0.5) is 18.0 Å². The van der Waals surface area contributed by atoms with Crippen molar-refractivity contribution in [2.24, 2.45) is 5.92 Å². The number of carbonyl (C=O) groups excluding carboxylic acids is 1. The highest BCUT2D eigenvalue weighted by Crippen LogP contribution is 2.19. The Balaban J connectivity index is 2.38. The van der Waals surface area contributed by atoms with Crippen molar-refractivity contribution in [2.45, 2.75) is 32.8 Å². The third kappa shape index (κ3) is 5.40. The van der Waals surface area contributed by atoms with E-state index in [2.05, 4.69) is 0 Å². The van der Waals surface area contributed by atoms with Crippen LogP contribution in [0.5, 0.6) is 0 Å². The maximum atomic E-state index is 12.6. The molecule has 0 aromatic carbocycles. The molecular weight excluding hydrogens is 261 g/mol. The molecule has 7 heteroatoms. The summed E-state index contributed by atoms with van der Waals surface area (Å²) in [6, 6.07) is 0. The lowest BCUT2D eigenvalue weighted by Gasteiger charge is -2.24. The summed E-state index contributed by atoms with van der Waals surface area (Å²) >= 11 is 0. The molecule has 0 bridgehead atoms. The lowest BCUT2D eigenvalue weighted by Crippen LogP contribution is -2.36. The van der Waals surface area contributed by atoms with Gasteiger partial charge in [0.1, 0.15) is 5.60 Å². The first-order valence-electron chi connectivity index (χ1n) is 6.11. The Labute approximate surface area is 110 Å². The van der Waals surface area contributed by atoms with E-state index in [1.807, 2.05) is 5.32 Å². The quantitative estimate of drug-likeness (QED) is 0.808. The standard InChI is InChI=1S/C12H19F3N2O2/c1-12(2,3)19-11(18)17-5-4-8(7-17)6-16-10(15)9(13)14/h8,16H,4-7H2,1-3H3/t8-/m0/s1. The number of rotatable bonds is 3. The molecule has 0 aliphatic carbocycles. The minimum atomic E-state index is -2.36. The van der Waals surface area contributed by atoms with Crippen LogP contribution in [0.25, 0.3) is 0 Å². The van der Waals surface area contributed by atoms with E-state index in [-0.39, 0.29) is 12.5 Å². The van der Waals surface area contributed by atoms with Gasteiger partial charge in [0.05, 0.1) is 0 Å². The number of nitrogens with one attached hydrogen (secondary N) is 1. The van der Waals surface area contributed by atoms with Crippen molar-refractivity contribution in [3.63, 3.8) is 0 Å². The van der Waals surface area contributed by atoms with E-state index < -0.39 is 23.7 Å². The van der Waals surface area contributed by atoms with Crippen molar-refractivity contribution in [3.8, 4) is 0 Å². The summed E-state index contributed by atoms with van der Waals surface area (Å²) in [5.41, 5.74) is -0.570. The van der Waals surface area contributed by atoms with Crippen LogP contribution in [0.1, 0.15) is 27.2 Å². The van der Waals surface area contributed by atoms with Crippen LogP contribution >= 0.6 is 0 Å². The number of hydrogen-bond donors (Lipinski definition) is 1. The second-order valence-electron chi connectivity index (χ2n) is 5.54. The number of likely N-dealkylation sites (tertiary alicyclic amines) is 1. The van der Waals surface area contributed by atoms with Crippen LogP contribution in [0, 0.1) is 5.92 Å². The molecule has 0 unspecified atom stereocenters. The average molecular weight is 280 g/mol. The van der Waals surface area contributed by atoms with Crippen molar-refractivity contribution in [1.82, 2.24) is 10.2 Å². The number of nitrogens with zero attached hydrogens (tertiary/aromatic N) is 1. The molecule has 1 aliphatic heterocycles. The van der Waals surface area contributed by atoms with Gasteiger partial charge in [-0.05, 0) is 33.1 Å². The van der Waals surface area contributed by atoms with E-state index in [4.69, 9.17) is 4.74 Å². The predicted octanol–water partition coefficient (Wildman–Crippen LogP) is 2.87. The first-order valence-corrected chi connectivity index (χ1v) is 6.11. The van der Waals surface area contributed by atoms with Crippen molar-refractivity contribution in [3.05, 3.63) is 12.0 Å². The molecule has 0 radical (unpaired) electrons. The SMILES string of the molecule is CC(C)(C)OC(=O)N1CC[C@@H](CNC(F)=C(F)F)C1. The first kappa shape index (κ1) is 15.7. The molecule has 1 heterocycles. The number of amides is 1.